The molecule has 0 saturated heterocycles. The largest absolute Gasteiger partial charge is 0.294 e. The number of thiophene rings is 1. The molecular formula is C12H8BrFOS. The van der Waals surface area contributed by atoms with E-state index in [-0.39, 0.29) is 5.78 Å². The first-order chi connectivity index (χ1) is 7.66. The standard InChI is InChI=1S/C12H8BrFOS/c13-11-4-3-8(14)6-10(11)12(15)7-9-2-1-5-16-9/h1-6H,7H2. The Bertz CT molecular complexity index is 508. The summed E-state index contributed by atoms with van der Waals surface area (Å²) in [6, 6.07) is 7.94. The van der Waals surface area contributed by atoms with Gasteiger partial charge < -0.3 is 0 Å². The molecule has 0 atom stereocenters. The smallest absolute Gasteiger partial charge is 0.169 e. The Hall–Kier alpha value is -1.00. The van der Waals surface area contributed by atoms with E-state index in [1.165, 1.54) is 23.5 Å². The Morgan fingerprint density at radius 1 is 1.38 bits per heavy atom. The molecule has 4 heteroatoms. The second kappa shape index (κ2) is 4.89. The van der Waals surface area contributed by atoms with Crippen LogP contribution in [0.2, 0.25) is 0 Å². The van der Waals surface area contributed by atoms with Gasteiger partial charge in [-0.3, -0.25) is 4.79 Å². The van der Waals surface area contributed by atoms with E-state index in [9.17, 15) is 9.18 Å². The molecule has 2 rings (SSSR count). The molecule has 0 spiro atoms. The Labute approximate surface area is 105 Å². The number of Topliss-reactive ketones (excluding diaryl/α,β-unsaturated/α-hetero) is 1. The molecule has 0 amide bonds. The average molecular weight is 299 g/mol. The number of rotatable bonds is 3. The van der Waals surface area contributed by atoms with Crippen LogP contribution >= 0.6 is 27.3 Å². The van der Waals surface area contributed by atoms with Gasteiger partial charge in [-0.2, -0.15) is 0 Å². The lowest BCUT2D eigenvalue weighted by Crippen LogP contribution is -2.03. The maximum atomic E-state index is 13.0. The molecule has 0 N–H and O–H groups in total. The highest BCUT2D eigenvalue weighted by atomic mass is 79.9. The van der Waals surface area contributed by atoms with Crippen molar-refractivity contribution < 1.29 is 9.18 Å². The van der Waals surface area contributed by atoms with Gasteiger partial charge in [-0.25, -0.2) is 4.39 Å². The Morgan fingerprint density at radius 2 is 2.19 bits per heavy atom. The van der Waals surface area contributed by atoms with Gasteiger partial charge in [0, 0.05) is 21.3 Å². The molecule has 0 saturated carbocycles. The summed E-state index contributed by atoms with van der Waals surface area (Å²) in [5, 5.41) is 1.92. The number of hydrogen-bond acceptors (Lipinski definition) is 2. The highest BCUT2D eigenvalue weighted by Gasteiger charge is 2.12. The molecule has 0 bridgehead atoms. The second-order valence-corrected chi connectivity index (χ2v) is 5.19. The monoisotopic (exact) mass is 298 g/mol. The van der Waals surface area contributed by atoms with Crippen LogP contribution in [0.3, 0.4) is 0 Å². The first-order valence-electron chi connectivity index (χ1n) is 4.67. The summed E-state index contributed by atoms with van der Waals surface area (Å²) < 4.78 is 13.7. The molecule has 16 heavy (non-hydrogen) atoms. The molecule has 1 nitrogen and oxygen atoms in total. The third kappa shape index (κ3) is 2.57. The molecule has 0 aliphatic heterocycles. The van der Waals surface area contributed by atoms with Crippen molar-refractivity contribution in [3.8, 4) is 0 Å². The van der Waals surface area contributed by atoms with Crippen molar-refractivity contribution in [1.82, 2.24) is 0 Å². The van der Waals surface area contributed by atoms with Gasteiger partial charge in [-0.1, -0.05) is 22.0 Å². The van der Waals surface area contributed by atoms with E-state index in [1.54, 1.807) is 6.07 Å². The van der Waals surface area contributed by atoms with Crippen LogP contribution in [0.5, 0.6) is 0 Å². The SMILES string of the molecule is O=C(Cc1cccs1)c1cc(F)ccc1Br. The molecule has 2 aromatic rings. The van der Waals surface area contributed by atoms with Gasteiger partial charge in [-0.15, -0.1) is 11.3 Å². The Morgan fingerprint density at radius 3 is 2.88 bits per heavy atom. The number of halogens is 2. The van der Waals surface area contributed by atoms with Crippen molar-refractivity contribution in [2.45, 2.75) is 6.42 Å². The van der Waals surface area contributed by atoms with Crippen LogP contribution in [0.15, 0.2) is 40.2 Å². The number of hydrogen-bond donors (Lipinski definition) is 0. The predicted molar refractivity (Wildman–Crippen MR) is 66.5 cm³/mol. The number of benzene rings is 1. The summed E-state index contributed by atoms with van der Waals surface area (Å²) in [5.41, 5.74) is 0.397. The lowest BCUT2D eigenvalue weighted by Gasteiger charge is -2.02. The lowest BCUT2D eigenvalue weighted by atomic mass is 10.1. The van der Waals surface area contributed by atoms with Crippen LogP contribution in [0.1, 0.15) is 15.2 Å². The van der Waals surface area contributed by atoms with Crippen molar-refractivity contribution in [3.05, 3.63) is 56.4 Å². The lowest BCUT2D eigenvalue weighted by molar-refractivity contribution is 0.0992. The first-order valence-corrected chi connectivity index (χ1v) is 6.35. The van der Waals surface area contributed by atoms with E-state index in [2.05, 4.69) is 15.9 Å². The van der Waals surface area contributed by atoms with Gasteiger partial charge in [0.25, 0.3) is 0 Å². The van der Waals surface area contributed by atoms with Crippen molar-refractivity contribution in [3.63, 3.8) is 0 Å². The quantitative estimate of drug-likeness (QED) is 0.781. The minimum Gasteiger partial charge on any atom is -0.294 e. The van der Waals surface area contributed by atoms with Crippen LogP contribution in [-0.2, 0) is 6.42 Å². The van der Waals surface area contributed by atoms with Gasteiger partial charge in [0.1, 0.15) is 5.82 Å². The van der Waals surface area contributed by atoms with E-state index in [4.69, 9.17) is 0 Å². The number of carbonyl (C=O) groups is 1. The van der Waals surface area contributed by atoms with Crippen LogP contribution in [0.25, 0.3) is 0 Å². The normalized spacial score (nSPS) is 10.4. The fraction of sp³-hybridized carbons (Fsp3) is 0.0833. The molecule has 0 fully saturated rings. The molecule has 0 radical (unpaired) electrons. The number of ketones is 1. The molecular weight excluding hydrogens is 291 g/mol. The van der Waals surface area contributed by atoms with Crippen molar-refractivity contribution >= 4 is 33.0 Å². The molecule has 1 aromatic heterocycles. The fourth-order valence-electron chi connectivity index (χ4n) is 1.38. The van der Waals surface area contributed by atoms with Gasteiger partial charge >= 0.3 is 0 Å². The highest BCUT2D eigenvalue weighted by molar-refractivity contribution is 9.10. The fourth-order valence-corrected chi connectivity index (χ4v) is 2.55. The van der Waals surface area contributed by atoms with Crippen LogP contribution in [0.4, 0.5) is 4.39 Å². The van der Waals surface area contributed by atoms with Crippen molar-refractivity contribution in [1.29, 1.82) is 0 Å². The van der Waals surface area contributed by atoms with E-state index in [0.29, 0.717) is 16.5 Å². The molecule has 1 aromatic carbocycles. The Kier molecular flexibility index (Phi) is 3.51. The van der Waals surface area contributed by atoms with E-state index >= 15 is 0 Å². The topological polar surface area (TPSA) is 17.1 Å². The molecule has 82 valence electrons. The second-order valence-electron chi connectivity index (χ2n) is 3.30. The summed E-state index contributed by atoms with van der Waals surface area (Å²) in [7, 11) is 0. The van der Waals surface area contributed by atoms with E-state index in [1.807, 2.05) is 17.5 Å². The third-order valence-electron chi connectivity index (χ3n) is 2.14. The first kappa shape index (κ1) is 11.5. The predicted octanol–water partition coefficient (Wildman–Crippen LogP) is 4.08. The van der Waals surface area contributed by atoms with Crippen LogP contribution in [0, 0.1) is 5.82 Å². The minimum atomic E-state index is -0.391. The summed E-state index contributed by atoms with van der Waals surface area (Å²) in [6.45, 7) is 0. The third-order valence-corrected chi connectivity index (χ3v) is 3.71. The summed E-state index contributed by atoms with van der Waals surface area (Å²) in [6.07, 6.45) is 0.319. The van der Waals surface area contributed by atoms with Gasteiger partial charge in [0.15, 0.2) is 5.78 Å². The summed E-state index contributed by atoms with van der Waals surface area (Å²) in [5.74, 6) is -0.466. The van der Waals surface area contributed by atoms with Gasteiger partial charge in [0.05, 0.1) is 0 Å². The molecule has 0 aliphatic rings. The van der Waals surface area contributed by atoms with Crippen molar-refractivity contribution in [2.24, 2.45) is 0 Å². The van der Waals surface area contributed by atoms with Gasteiger partial charge in [-0.05, 0) is 29.6 Å². The van der Waals surface area contributed by atoms with Gasteiger partial charge in [0.2, 0.25) is 0 Å². The summed E-state index contributed by atoms with van der Waals surface area (Å²) in [4.78, 5) is 12.9. The van der Waals surface area contributed by atoms with E-state index in [0.717, 1.165) is 4.88 Å². The van der Waals surface area contributed by atoms with E-state index < -0.39 is 5.82 Å². The zero-order valence-corrected chi connectivity index (χ0v) is 10.6. The molecule has 1 heterocycles. The maximum absolute atomic E-state index is 13.0. The Balaban J connectivity index is 2.24. The summed E-state index contributed by atoms with van der Waals surface area (Å²) >= 11 is 4.78. The number of carbonyl (C=O) groups excluding carboxylic acids is 1. The van der Waals surface area contributed by atoms with Crippen LogP contribution < -0.4 is 0 Å². The molecule has 0 aliphatic carbocycles. The average Bonchev–Trinajstić information content (AvgIpc) is 2.74. The van der Waals surface area contributed by atoms with Crippen molar-refractivity contribution in [2.75, 3.05) is 0 Å². The minimum absolute atomic E-state index is 0.0752. The highest BCUT2D eigenvalue weighted by Crippen LogP contribution is 2.21. The maximum Gasteiger partial charge on any atom is 0.169 e. The zero-order valence-electron chi connectivity index (χ0n) is 8.24. The molecule has 0 unspecified atom stereocenters. The van der Waals surface area contributed by atoms with Crippen LogP contribution in [-0.4, -0.2) is 5.78 Å². The zero-order chi connectivity index (χ0) is 11.5.